The van der Waals surface area contributed by atoms with Crippen LogP contribution in [0, 0.1) is 19.3 Å². The minimum Gasteiger partial charge on any atom is -0.469 e. The van der Waals surface area contributed by atoms with Gasteiger partial charge in [0, 0.05) is 23.9 Å². The number of carbonyl (C=O) groups is 2. The standard InChI is InChI=1S/C25H28N2O6/c1-15-7-6-8-17(11-15)13-25(31,14-24(3,4)23(30)32-5)22(29)26-18-9-10-19-20(12-18)16(2)27-33-21(19)28/h6-12,31H,13-14H2,1-5H3,(H,26,29). The molecule has 0 saturated heterocycles. The monoisotopic (exact) mass is 452 g/mol. The molecule has 1 atom stereocenters. The number of hydrogen-bond acceptors (Lipinski definition) is 7. The highest BCUT2D eigenvalue weighted by molar-refractivity contribution is 5.99. The quantitative estimate of drug-likeness (QED) is 0.528. The van der Waals surface area contributed by atoms with Crippen molar-refractivity contribution < 1.29 is 24.0 Å². The molecule has 0 saturated carbocycles. The van der Waals surface area contributed by atoms with Gasteiger partial charge in [-0.3, -0.25) is 9.59 Å². The van der Waals surface area contributed by atoms with Crippen molar-refractivity contribution >= 4 is 28.3 Å². The molecule has 8 nitrogen and oxygen atoms in total. The summed E-state index contributed by atoms with van der Waals surface area (Å²) in [5, 5.41) is 18.9. The van der Waals surface area contributed by atoms with Crippen molar-refractivity contribution in [2.75, 3.05) is 12.4 Å². The molecule has 2 aromatic carbocycles. The van der Waals surface area contributed by atoms with Gasteiger partial charge >= 0.3 is 11.6 Å². The Morgan fingerprint density at radius 2 is 1.85 bits per heavy atom. The third kappa shape index (κ3) is 5.28. The second-order valence-electron chi connectivity index (χ2n) is 9.02. The van der Waals surface area contributed by atoms with Gasteiger partial charge in [-0.15, -0.1) is 0 Å². The van der Waals surface area contributed by atoms with Crippen LogP contribution in [0.2, 0.25) is 0 Å². The maximum absolute atomic E-state index is 13.4. The lowest BCUT2D eigenvalue weighted by Gasteiger charge is -2.34. The highest BCUT2D eigenvalue weighted by atomic mass is 16.5. The average molecular weight is 453 g/mol. The van der Waals surface area contributed by atoms with E-state index in [1.54, 1.807) is 32.9 Å². The number of aliphatic hydroxyl groups is 1. The second kappa shape index (κ2) is 9.15. The zero-order chi connectivity index (χ0) is 24.4. The van der Waals surface area contributed by atoms with E-state index in [1.807, 2.05) is 31.2 Å². The molecule has 1 amide bonds. The number of aryl methyl sites for hydroxylation is 2. The first-order valence-corrected chi connectivity index (χ1v) is 10.5. The predicted octanol–water partition coefficient (Wildman–Crippen LogP) is 3.31. The van der Waals surface area contributed by atoms with Gasteiger partial charge < -0.3 is 19.7 Å². The molecule has 0 fully saturated rings. The molecular formula is C25H28N2O6. The summed E-state index contributed by atoms with van der Waals surface area (Å²) in [6, 6.07) is 12.2. The Kier molecular flexibility index (Phi) is 6.69. The number of nitrogens with zero attached hydrogens (tertiary/aromatic N) is 1. The van der Waals surface area contributed by atoms with Crippen LogP contribution in [0.3, 0.4) is 0 Å². The molecular weight excluding hydrogens is 424 g/mol. The van der Waals surface area contributed by atoms with Crippen molar-refractivity contribution in [3.63, 3.8) is 0 Å². The SMILES string of the molecule is COC(=O)C(C)(C)CC(O)(Cc1cccc(C)c1)C(=O)Nc1ccc2c(=O)onc(C)c2c1. The summed E-state index contributed by atoms with van der Waals surface area (Å²) in [6.07, 6.45) is -0.164. The third-order valence-electron chi connectivity index (χ3n) is 5.63. The van der Waals surface area contributed by atoms with E-state index in [4.69, 9.17) is 9.26 Å². The number of anilines is 1. The molecule has 0 aliphatic heterocycles. The number of benzene rings is 2. The van der Waals surface area contributed by atoms with Crippen molar-refractivity contribution in [1.82, 2.24) is 5.16 Å². The molecule has 3 rings (SSSR count). The van der Waals surface area contributed by atoms with Crippen molar-refractivity contribution in [2.45, 2.75) is 46.1 Å². The molecule has 0 bridgehead atoms. The molecule has 1 heterocycles. The molecule has 8 heteroatoms. The van der Waals surface area contributed by atoms with Gasteiger partial charge in [-0.25, -0.2) is 4.79 Å². The molecule has 0 radical (unpaired) electrons. The van der Waals surface area contributed by atoms with Crippen molar-refractivity contribution in [1.29, 1.82) is 0 Å². The molecule has 3 aromatic rings. The number of methoxy groups -OCH3 is 1. The van der Waals surface area contributed by atoms with Crippen LogP contribution < -0.4 is 10.9 Å². The predicted molar refractivity (Wildman–Crippen MR) is 124 cm³/mol. The lowest BCUT2D eigenvalue weighted by atomic mass is 9.76. The van der Waals surface area contributed by atoms with Gasteiger partial charge in [-0.1, -0.05) is 35.0 Å². The summed E-state index contributed by atoms with van der Waals surface area (Å²) in [5.74, 6) is -1.20. The topological polar surface area (TPSA) is 119 Å². The molecule has 2 N–H and O–H groups in total. The fraction of sp³-hybridized carbons (Fsp3) is 0.360. The largest absolute Gasteiger partial charge is 0.469 e. The lowest BCUT2D eigenvalue weighted by Crippen LogP contribution is -2.49. The lowest BCUT2D eigenvalue weighted by molar-refractivity contribution is -0.156. The Bertz CT molecular complexity index is 1260. The fourth-order valence-corrected chi connectivity index (χ4v) is 4.02. The van der Waals surface area contributed by atoms with E-state index in [9.17, 15) is 19.5 Å². The first-order valence-electron chi connectivity index (χ1n) is 10.5. The van der Waals surface area contributed by atoms with Crippen LogP contribution in [0.1, 0.15) is 37.1 Å². The summed E-state index contributed by atoms with van der Waals surface area (Å²) in [7, 11) is 1.27. The highest BCUT2D eigenvalue weighted by Gasteiger charge is 2.45. The zero-order valence-corrected chi connectivity index (χ0v) is 19.4. The molecule has 0 aliphatic carbocycles. The van der Waals surface area contributed by atoms with Gasteiger partial charge in [0.1, 0.15) is 5.60 Å². The van der Waals surface area contributed by atoms with Gasteiger partial charge in [-0.2, -0.15) is 0 Å². The van der Waals surface area contributed by atoms with Crippen molar-refractivity contribution in [3.8, 4) is 0 Å². The average Bonchev–Trinajstić information content (AvgIpc) is 2.75. The van der Waals surface area contributed by atoms with Gasteiger partial charge in [-0.05, 0) is 51.5 Å². The fourth-order valence-electron chi connectivity index (χ4n) is 4.02. The van der Waals surface area contributed by atoms with E-state index in [2.05, 4.69) is 10.5 Å². The Hall–Kier alpha value is -3.52. The summed E-state index contributed by atoms with van der Waals surface area (Å²) >= 11 is 0. The van der Waals surface area contributed by atoms with Crippen LogP contribution in [0.5, 0.6) is 0 Å². The van der Waals surface area contributed by atoms with E-state index in [-0.39, 0.29) is 12.8 Å². The second-order valence-corrected chi connectivity index (χ2v) is 9.02. The van der Waals surface area contributed by atoms with Crippen molar-refractivity contribution in [3.05, 3.63) is 69.7 Å². The first kappa shape index (κ1) is 24.1. The van der Waals surface area contributed by atoms with Crippen LogP contribution in [0.25, 0.3) is 10.8 Å². The van der Waals surface area contributed by atoms with Crippen LogP contribution >= 0.6 is 0 Å². The smallest absolute Gasteiger partial charge is 0.366 e. The number of fused-ring (bicyclic) bond motifs is 1. The summed E-state index contributed by atoms with van der Waals surface area (Å²) < 4.78 is 9.61. The minimum absolute atomic E-state index is 0.00130. The number of ether oxygens (including phenoxy) is 1. The van der Waals surface area contributed by atoms with Crippen LogP contribution in [0.4, 0.5) is 5.69 Å². The van der Waals surface area contributed by atoms with Crippen LogP contribution in [-0.4, -0.2) is 34.9 Å². The minimum atomic E-state index is -1.91. The Morgan fingerprint density at radius 3 is 2.52 bits per heavy atom. The number of nitrogens with one attached hydrogen (secondary N) is 1. The van der Waals surface area contributed by atoms with Gasteiger partial charge in [0.15, 0.2) is 0 Å². The molecule has 174 valence electrons. The van der Waals surface area contributed by atoms with Crippen molar-refractivity contribution in [2.24, 2.45) is 5.41 Å². The Balaban J connectivity index is 1.98. The maximum Gasteiger partial charge on any atom is 0.366 e. The third-order valence-corrected chi connectivity index (χ3v) is 5.63. The summed E-state index contributed by atoms with van der Waals surface area (Å²) in [4.78, 5) is 37.6. The van der Waals surface area contributed by atoms with Gasteiger partial charge in [0.05, 0.1) is 23.6 Å². The number of hydrogen-bond donors (Lipinski definition) is 2. The molecule has 0 aliphatic rings. The summed E-state index contributed by atoms with van der Waals surface area (Å²) in [6.45, 7) is 6.85. The Morgan fingerprint density at radius 1 is 1.12 bits per heavy atom. The zero-order valence-electron chi connectivity index (χ0n) is 19.4. The van der Waals surface area contributed by atoms with E-state index in [1.165, 1.54) is 13.2 Å². The van der Waals surface area contributed by atoms with Crippen LogP contribution in [-0.2, 0) is 20.7 Å². The number of aromatic nitrogens is 1. The number of esters is 1. The van der Waals surface area contributed by atoms with Crippen LogP contribution in [0.15, 0.2) is 51.8 Å². The number of amides is 1. The van der Waals surface area contributed by atoms with E-state index in [0.29, 0.717) is 22.2 Å². The first-order chi connectivity index (χ1) is 15.4. The number of carbonyl (C=O) groups excluding carboxylic acids is 2. The normalized spacial score (nSPS) is 13.4. The van der Waals surface area contributed by atoms with E-state index < -0.39 is 28.5 Å². The molecule has 1 unspecified atom stereocenters. The number of rotatable bonds is 7. The maximum atomic E-state index is 13.4. The van der Waals surface area contributed by atoms with E-state index >= 15 is 0 Å². The molecule has 0 spiro atoms. The van der Waals surface area contributed by atoms with E-state index in [0.717, 1.165) is 11.1 Å². The molecule has 1 aromatic heterocycles. The van der Waals surface area contributed by atoms with Gasteiger partial charge in [0.2, 0.25) is 0 Å². The van der Waals surface area contributed by atoms with Gasteiger partial charge in [0.25, 0.3) is 5.91 Å². The Labute approximate surface area is 191 Å². The highest BCUT2D eigenvalue weighted by Crippen LogP contribution is 2.33. The summed E-state index contributed by atoms with van der Waals surface area (Å²) in [5.41, 5.74) is -1.01. The molecule has 33 heavy (non-hydrogen) atoms.